The first kappa shape index (κ1) is 24.4. The van der Waals surface area contributed by atoms with Crippen LogP contribution in [0.3, 0.4) is 0 Å². The second kappa shape index (κ2) is 9.71. The van der Waals surface area contributed by atoms with Crippen LogP contribution in [-0.2, 0) is 11.2 Å². The molecule has 5 nitrogen and oxygen atoms in total. The Bertz CT molecular complexity index is 931. The van der Waals surface area contributed by atoms with Gasteiger partial charge >= 0.3 is 0 Å². The molecular formula is C24H30ClF2N3O2. The van der Waals surface area contributed by atoms with E-state index in [2.05, 4.69) is 10.3 Å². The summed E-state index contributed by atoms with van der Waals surface area (Å²) in [5.74, 6) is -3.67. The zero-order valence-electron chi connectivity index (χ0n) is 18.6. The number of pyridine rings is 1. The Hall–Kier alpha value is -2.25. The van der Waals surface area contributed by atoms with Crippen LogP contribution < -0.4 is 5.32 Å². The number of hydrogen-bond acceptors (Lipinski definition) is 4. The van der Waals surface area contributed by atoms with E-state index in [4.69, 9.17) is 11.6 Å². The number of carbonyl (C=O) groups excluding carboxylic acids is 1. The standard InChI is InChI=1S/C24H30ClF2N3O2/c1-23(26,27)24(8-9-24)19(17-6-10-28-11-7-17)14-22(32)29-15-18(30(2)3)12-16-4-5-21(31)20(25)13-16/h4-7,10-11,13,18-19,31H,8-9,12,14-15H2,1-3H3,(H,29,32)/t18-,19?/m0/s1. The largest absolute Gasteiger partial charge is 0.506 e. The molecule has 32 heavy (non-hydrogen) atoms. The van der Waals surface area contributed by atoms with E-state index in [9.17, 15) is 18.7 Å². The SMILES string of the molecule is CN(C)[C@H](CNC(=O)CC(c1ccncc1)C1(C(C)(F)F)CC1)Cc1ccc(O)c(Cl)c1. The summed E-state index contributed by atoms with van der Waals surface area (Å²) in [6, 6.07) is 8.46. The first-order valence-corrected chi connectivity index (χ1v) is 11.1. The van der Waals surface area contributed by atoms with Gasteiger partial charge in [-0.3, -0.25) is 9.78 Å². The quantitative estimate of drug-likeness (QED) is 0.536. The fraction of sp³-hybridized carbons (Fsp3) is 0.500. The lowest BCUT2D eigenvalue weighted by Crippen LogP contribution is -2.43. The zero-order chi connectivity index (χ0) is 23.5. The summed E-state index contributed by atoms with van der Waals surface area (Å²) in [5.41, 5.74) is 0.463. The minimum absolute atomic E-state index is 0.00136. The molecule has 1 amide bonds. The van der Waals surface area contributed by atoms with E-state index in [-0.39, 0.29) is 29.1 Å². The molecule has 2 atom stereocenters. The van der Waals surface area contributed by atoms with Gasteiger partial charge in [0, 0.05) is 42.7 Å². The minimum Gasteiger partial charge on any atom is -0.506 e. The van der Waals surface area contributed by atoms with E-state index in [1.54, 1.807) is 42.7 Å². The summed E-state index contributed by atoms with van der Waals surface area (Å²) in [5, 5.41) is 12.8. The second-order valence-electron chi connectivity index (χ2n) is 8.99. The van der Waals surface area contributed by atoms with Crippen molar-refractivity contribution in [3.8, 4) is 5.75 Å². The molecule has 0 saturated heterocycles. The van der Waals surface area contributed by atoms with Gasteiger partial charge in [-0.15, -0.1) is 0 Å². The van der Waals surface area contributed by atoms with E-state index < -0.39 is 17.3 Å². The van der Waals surface area contributed by atoms with Gasteiger partial charge in [-0.25, -0.2) is 8.78 Å². The summed E-state index contributed by atoms with van der Waals surface area (Å²) >= 11 is 6.01. The van der Waals surface area contributed by atoms with Crippen LogP contribution in [0.5, 0.6) is 5.75 Å². The lowest BCUT2D eigenvalue weighted by atomic mass is 9.77. The molecule has 1 fully saturated rings. The Morgan fingerprint density at radius 2 is 1.94 bits per heavy atom. The van der Waals surface area contributed by atoms with Crippen LogP contribution in [0.15, 0.2) is 42.7 Å². The van der Waals surface area contributed by atoms with Gasteiger partial charge in [0.25, 0.3) is 5.92 Å². The van der Waals surface area contributed by atoms with Crippen molar-refractivity contribution in [2.45, 2.75) is 50.5 Å². The van der Waals surface area contributed by atoms with Crippen LogP contribution in [0.1, 0.15) is 43.2 Å². The number of phenolic OH excluding ortho intramolecular Hbond substituents is 1. The maximum atomic E-state index is 14.5. The van der Waals surface area contributed by atoms with E-state index in [1.165, 1.54) is 0 Å². The number of rotatable bonds is 10. The molecule has 1 unspecified atom stereocenters. The smallest absolute Gasteiger partial charge is 0.251 e. The van der Waals surface area contributed by atoms with Crippen LogP contribution in [0, 0.1) is 5.41 Å². The second-order valence-corrected chi connectivity index (χ2v) is 9.40. The van der Waals surface area contributed by atoms with Crippen molar-refractivity contribution < 1.29 is 18.7 Å². The van der Waals surface area contributed by atoms with Gasteiger partial charge in [0.05, 0.1) is 5.02 Å². The Morgan fingerprint density at radius 3 is 2.47 bits per heavy atom. The van der Waals surface area contributed by atoms with Crippen LogP contribution in [0.4, 0.5) is 8.78 Å². The normalized spacial score (nSPS) is 17.1. The van der Waals surface area contributed by atoms with E-state index >= 15 is 0 Å². The Balaban J connectivity index is 1.68. The molecule has 0 radical (unpaired) electrons. The van der Waals surface area contributed by atoms with Gasteiger partial charge in [-0.1, -0.05) is 17.7 Å². The molecule has 2 N–H and O–H groups in total. The van der Waals surface area contributed by atoms with Crippen molar-refractivity contribution >= 4 is 17.5 Å². The summed E-state index contributed by atoms with van der Waals surface area (Å²) in [6.45, 7) is 1.32. The molecule has 1 aromatic heterocycles. The number of aromatic hydroxyl groups is 1. The molecule has 0 bridgehead atoms. The predicted molar refractivity (Wildman–Crippen MR) is 121 cm³/mol. The molecule has 0 spiro atoms. The number of hydrogen-bond donors (Lipinski definition) is 2. The predicted octanol–water partition coefficient (Wildman–Crippen LogP) is 4.64. The van der Waals surface area contributed by atoms with E-state index in [0.29, 0.717) is 25.8 Å². The maximum absolute atomic E-state index is 14.5. The fourth-order valence-electron chi connectivity index (χ4n) is 4.33. The number of benzene rings is 1. The fourth-order valence-corrected chi connectivity index (χ4v) is 4.54. The molecule has 3 rings (SSSR count). The van der Waals surface area contributed by atoms with Gasteiger partial charge in [-0.2, -0.15) is 0 Å². The van der Waals surface area contributed by atoms with Gasteiger partial charge in [0.2, 0.25) is 5.91 Å². The third-order valence-electron chi connectivity index (χ3n) is 6.58. The van der Waals surface area contributed by atoms with Gasteiger partial charge < -0.3 is 15.3 Å². The Labute approximate surface area is 192 Å². The number of carbonyl (C=O) groups is 1. The molecule has 174 valence electrons. The van der Waals surface area contributed by atoms with E-state index in [1.807, 2.05) is 19.0 Å². The molecule has 8 heteroatoms. The molecule has 1 saturated carbocycles. The maximum Gasteiger partial charge on any atom is 0.251 e. The first-order chi connectivity index (χ1) is 15.0. The molecule has 2 aromatic rings. The number of aromatic nitrogens is 1. The minimum atomic E-state index is -2.87. The van der Waals surface area contributed by atoms with Crippen molar-refractivity contribution in [2.75, 3.05) is 20.6 Å². The molecular weight excluding hydrogens is 436 g/mol. The highest BCUT2D eigenvalue weighted by atomic mass is 35.5. The van der Waals surface area contributed by atoms with Crippen LogP contribution in [-0.4, -0.2) is 53.5 Å². The highest BCUT2D eigenvalue weighted by molar-refractivity contribution is 6.32. The van der Waals surface area contributed by atoms with Crippen molar-refractivity contribution in [1.29, 1.82) is 0 Å². The number of likely N-dealkylation sites (N-methyl/N-ethyl adjacent to an activating group) is 1. The zero-order valence-corrected chi connectivity index (χ0v) is 19.4. The Kier molecular flexibility index (Phi) is 7.40. The molecule has 1 aliphatic carbocycles. The Morgan fingerprint density at radius 1 is 1.28 bits per heavy atom. The summed E-state index contributed by atoms with van der Waals surface area (Å²) in [4.78, 5) is 18.8. The van der Waals surface area contributed by atoms with Gasteiger partial charge in [-0.05, 0) is 75.7 Å². The van der Waals surface area contributed by atoms with Gasteiger partial charge in [0.15, 0.2) is 0 Å². The van der Waals surface area contributed by atoms with Crippen LogP contribution >= 0.6 is 11.6 Å². The van der Waals surface area contributed by atoms with Crippen LogP contribution in [0.2, 0.25) is 5.02 Å². The topological polar surface area (TPSA) is 65.5 Å². The summed E-state index contributed by atoms with van der Waals surface area (Å²) in [6.07, 6.45) is 4.57. The van der Waals surface area contributed by atoms with Crippen molar-refractivity contribution in [3.05, 3.63) is 58.9 Å². The monoisotopic (exact) mass is 465 g/mol. The lowest BCUT2D eigenvalue weighted by Gasteiger charge is -2.32. The van der Waals surface area contributed by atoms with Crippen LogP contribution in [0.25, 0.3) is 0 Å². The first-order valence-electron chi connectivity index (χ1n) is 10.7. The molecule has 1 heterocycles. The third-order valence-corrected chi connectivity index (χ3v) is 6.88. The lowest BCUT2D eigenvalue weighted by molar-refractivity contribution is -0.123. The number of halogens is 3. The van der Waals surface area contributed by atoms with Crippen molar-refractivity contribution in [3.63, 3.8) is 0 Å². The molecule has 0 aliphatic heterocycles. The highest BCUT2D eigenvalue weighted by Gasteiger charge is 2.63. The third kappa shape index (κ3) is 5.56. The number of amides is 1. The number of nitrogens with zero attached hydrogens (tertiary/aromatic N) is 2. The highest BCUT2D eigenvalue weighted by Crippen LogP contribution is 2.65. The average Bonchev–Trinajstić information content (AvgIpc) is 3.54. The number of phenols is 1. The van der Waals surface area contributed by atoms with Crippen molar-refractivity contribution in [2.24, 2.45) is 5.41 Å². The molecule has 1 aromatic carbocycles. The van der Waals surface area contributed by atoms with E-state index in [0.717, 1.165) is 18.1 Å². The number of alkyl halides is 2. The summed E-state index contributed by atoms with van der Waals surface area (Å²) in [7, 11) is 3.82. The molecule has 1 aliphatic rings. The summed E-state index contributed by atoms with van der Waals surface area (Å²) < 4.78 is 29.0. The van der Waals surface area contributed by atoms with Gasteiger partial charge in [0.1, 0.15) is 5.75 Å². The number of nitrogens with one attached hydrogen (secondary N) is 1. The average molecular weight is 466 g/mol. The van der Waals surface area contributed by atoms with Crippen molar-refractivity contribution in [1.82, 2.24) is 15.2 Å².